The van der Waals surface area contributed by atoms with Crippen LogP contribution in [0.4, 0.5) is 11.4 Å². The Morgan fingerprint density at radius 2 is 1.65 bits per heavy atom. The largest absolute Gasteiger partial charge is 0.344 e. The highest BCUT2D eigenvalue weighted by molar-refractivity contribution is 5.95. The first-order valence-electron chi connectivity index (χ1n) is 6.58. The summed E-state index contributed by atoms with van der Waals surface area (Å²) in [5, 5.41) is 2.48. The molecule has 1 heteroatoms. The molecule has 0 aromatic heterocycles. The Morgan fingerprint density at radius 3 is 2.50 bits per heavy atom. The van der Waals surface area contributed by atoms with Gasteiger partial charge in [-0.25, -0.2) is 0 Å². The van der Waals surface area contributed by atoms with Crippen LogP contribution in [0.15, 0.2) is 66.7 Å². The number of hydrogen-bond acceptors (Lipinski definition) is 1. The van der Waals surface area contributed by atoms with Crippen molar-refractivity contribution in [1.29, 1.82) is 0 Å². The van der Waals surface area contributed by atoms with Crippen LogP contribution in [-0.2, 0) is 0 Å². The average Bonchev–Trinajstić information content (AvgIpc) is 2.53. The van der Waals surface area contributed by atoms with Gasteiger partial charge in [0.2, 0.25) is 0 Å². The summed E-state index contributed by atoms with van der Waals surface area (Å²) in [6.07, 6.45) is 5.48. The fourth-order valence-electron chi connectivity index (χ4n) is 2.44. The van der Waals surface area contributed by atoms with E-state index in [1.807, 2.05) is 18.2 Å². The van der Waals surface area contributed by atoms with Gasteiger partial charge in [-0.05, 0) is 29.7 Å². The van der Waals surface area contributed by atoms with Gasteiger partial charge in [0.05, 0.1) is 0 Å². The third kappa shape index (κ3) is 2.13. The average molecular weight is 257 g/mol. The Labute approximate surface area is 119 Å². The number of terminal acetylenes is 1. The molecule has 0 heterocycles. The maximum absolute atomic E-state index is 5.48. The second-order valence-corrected chi connectivity index (χ2v) is 4.75. The van der Waals surface area contributed by atoms with Crippen LogP contribution in [0.1, 0.15) is 5.56 Å². The highest BCUT2D eigenvalue weighted by Gasteiger charge is 2.07. The molecule has 0 saturated heterocycles. The van der Waals surface area contributed by atoms with E-state index in [1.54, 1.807) is 0 Å². The molecular weight excluding hydrogens is 242 g/mol. The minimum absolute atomic E-state index is 0.898. The molecular formula is C19H15N. The molecule has 0 aliphatic carbocycles. The molecule has 0 radical (unpaired) electrons. The van der Waals surface area contributed by atoms with Crippen molar-refractivity contribution in [2.24, 2.45) is 0 Å². The summed E-state index contributed by atoms with van der Waals surface area (Å²) in [4.78, 5) is 2.17. The molecule has 0 atom stereocenters. The lowest BCUT2D eigenvalue weighted by molar-refractivity contribution is 1.22. The minimum Gasteiger partial charge on any atom is -0.344 e. The number of hydrogen-bond donors (Lipinski definition) is 0. The van der Waals surface area contributed by atoms with Crippen LogP contribution in [0, 0.1) is 12.3 Å². The number of rotatable bonds is 2. The van der Waals surface area contributed by atoms with Crippen molar-refractivity contribution in [3.63, 3.8) is 0 Å². The molecule has 0 unspecified atom stereocenters. The summed E-state index contributed by atoms with van der Waals surface area (Å²) >= 11 is 0. The van der Waals surface area contributed by atoms with Crippen molar-refractivity contribution in [2.45, 2.75) is 0 Å². The molecule has 0 N–H and O–H groups in total. The predicted molar refractivity (Wildman–Crippen MR) is 86.4 cm³/mol. The molecule has 3 aromatic carbocycles. The predicted octanol–water partition coefficient (Wildman–Crippen LogP) is 4.59. The minimum atomic E-state index is 0.898. The standard InChI is InChI=1S/C19H15N/c1-3-15-8-6-11-17(14-15)20(2)19-13-7-10-16-9-4-5-12-18(16)19/h1,4-14H,2H3. The van der Waals surface area contributed by atoms with Gasteiger partial charge in [-0.1, -0.05) is 48.4 Å². The topological polar surface area (TPSA) is 3.24 Å². The van der Waals surface area contributed by atoms with Crippen molar-refractivity contribution in [1.82, 2.24) is 0 Å². The van der Waals surface area contributed by atoms with Gasteiger partial charge in [-0.2, -0.15) is 0 Å². The highest BCUT2D eigenvalue weighted by atomic mass is 15.1. The summed E-state index contributed by atoms with van der Waals surface area (Å²) in [5.41, 5.74) is 3.17. The van der Waals surface area contributed by atoms with E-state index in [9.17, 15) is 0 Å². The lowest BCUT2D eigenvalue weighted by Crippen LogP contribution is -2.09. The van der Waals surface area contributed by atoms with E-state index in [1.165, 1.54) is 16.5 Å². The van der Waals surface area contributed by atoms with Gasteiger partial charge < -0.3 is 4.90 Å². The fourth-order valence-corrected chi connectivity index (χ4v) is 2.44. The highest BCUT2D eigenvalue weighted by Crippen LogP contribution is 2.31. The first-order valence-corrected chi connectivity index (χ1v) is 6.58. The van der Waals surface area contributed by atoms with Gasteiger partial charge in [-0.3, -0.25) is 0 Å². The Morgan fingerprint density at radius 1 is 0.900 bits per heavy atom. The number of fused-ring (bicyclic) bond motifs is 1. The van der Waals surface area contributed by atoms with E-state index in [0.29, 0.717) is 0 Å². The van der Waals surface area contributed by atoms with Crippen molar-refractivity contribution in [3.05, 3.63) is 72.3 Å². The van der Waals surface area contributed by atoms with Crippen molar-refractivity contribution in [3.8, 4) is 12.3 Å². The van der Waals surface area contributed by atoms with E-state index in [4.69, 9.17) is 6.42 Å². The van der Waals surface area contributed by atoms with Gasteiger partial charge in [0, 0.05) is 29.4 Å². The third-order valence-electron chi connectivity index (χ3n) is 3.53. The first-order chi connectivity index (χ1) is 9.79. The van der Waals surface area contributed by atoms with E-state index >= 15 is 0 Å². The number of anilines is 2. The van der Waals surface area contributed by atoms with Gasteiger partial charge >= 0.3 is 0 Å². The van der Waals surface area contributed by atoms with Crippen LogP contribution in [0.2, 0.25) is 0 Å². The van der Waals surface area contributed by atoms with Gasteiger partial charge in [0.25, 0.3) is 0 Å². The normalized spacial score (nSPS) is 10.2. The zero-order valence-corrected chi connectivity index (χ0v) is 11.4. The van der Waals surface area contributed by atoms with Gasteiger partial charge in [0.1, 0.15) is 0 Å². The van der Waals surface area contributed by atoms with Crippen LogP contribution in [-0.4, -0.2) is 7.05 Å². The van der Waals surface area contributed by atoms with Crippen molar-refractivity contribution >= 4 is 22.1 Å². The maximum atomic E-state index is 5.48. The summed E-state index contributed by atoms with van der Waals surface area (Å²) in [6, 6.07) is 22.8. The van der Waals surface area contributed by atoms with Crippen molar-refractivity contribution < 1.29 is 0 Å². The van der Waals surface area contributed by atoms with Gasteiger partial charge in [-0.15, -0.1) is 6.42 Å². The van der Waals surface area contributed by atoms with Crippen LogP contribution in [0.5, 0.6) is 0 Å². The van der Waals surface area contributed by atoms with E-state index < -0.39 is 0 Å². The monoisotopic (exact) mass is 257 g/mol. The Hall–Kier alpha value is -2.72. The molecule has 0 amide bonds. The zero-order chi connectivity index (χ0) is 13.9. The summed E-state index contributed by atoms with van der Waals surface area (Å²) < 4.78 is 0. The van der Waals surface area contributed by atoms with E-state index in [2.05, 4.69) is 66.4 Å². The Balaban J connectivity index is 2.13. The number of benzene rings is 3. The second-order valence-electron chi connectivity index (χ2n) is 4.75. The molecule has 0 aliphatic heterocycles. The van der Waals surface area contributed by atoms with E-state index in [0.717, 1.165) is 11.3 Å². The molecule has 0 saturated carbocycles. The SMILES string of the molecule is C#Cc1cccc(N(C)c2cccc3ccccc23)c1. The molecule has 3 aromatic rings. The quantitative estimate of drug-likeness (QED) is 0.607. The van der Waals surface area contributed by atoms with Crippen molar-refractivity contribution in [2.75, 3.05) is 11.9 Å². The molecule has 0 aliphatic rings. The van der Waals surface area contributed by atoms with Crippen LogP contribution < -0.4 is 4.90 Å². The first kappa shape index (κ1) is 12.3. The molecule has 3 rings (SSSR count). The van der Waals surface area contributed by atoms with Crippen LogP contribution in [0.3, 0.4) is 0 Å². The lowest BCUT2D eigenvalue weighted by Gasteiger charge is -2.21. The van der Waals surface area contributed by atoms with Crippen LogP contribution >= 0.6 is 0 Å². The van der Waals surface area contributed by atoms with E-state index in [-0.39, 0.29) is 0 Å². The smallest absolute Gasteiger partial charge is 0.0487 e. The molecule has 20 heavy (non-hydrogen) atoms. The fraction of sp³-hybridized carbons (Fsp3) is 0.0526. The number of nitrogens with zero attached hydrogens (tertiary/aromatic N) is 1. The zero-order valence-electron chi connectivity index (χ0n) is 11.4. The summed E-state index contributed by atoms with van der Waals surface area (Å²) in [5.74, 6) is 2.68. The Kier molecular flexibility index (Phi) is 3.15. The van der Waals surface area contributed by atoms with Crippen LogP contribution in [0.25, 0.3) is 10.8 Å². The summed E-state index contributed by atoms with van der Waals surface area (Å²) in [7, 11) is 2.07. The molecule has 0 fully saturated rings. The maximum Gasteiger partial charge on any atom is 0.0487 e. The summed E-state index contributed by atoms with van der Waals surface area (Å²) in [6.45, 7) is 0. The molecule has 0 bridgehead atoms. The Bertz CT molecular complexity index is 791. The molecule has 96 valence electrons. The third-order valence-corrected chi connectivity index (χ3v) is 3.53. The second kappa shape index (κ2) is 5.11. The van der Waals surface area contributed by atoms with Gasteiger partial charge in [0.15, 0.2) is 0 Å². The lowest BCUT2D eigenvalue weighted by atomic mass is 10.1. The molecule has 1 nitrogen and oxygen atoms in total. The molecule has 0 spiro atoms.